The van der Waals surface area contributed by atoms with E-state index >= 15 is 0 Å². The summed E-state index contributed by atoms with van der Waals surface area (Å²) in [5.74, 6) is 0.841. The molecule has 0 saturated carbocycles. The number of aromatic nitrogens is 2. The molecule has 6 heteroatoms. The number of nitrogen functional groups attached to an aromatic ring is 1. The molecular formula is C18H22N4O2. The van der Waals surface area contributed by atoms with Crippen LogP contribution in [-0.2, 0) is 4.74 Å². The van der Waals surface area contributed by atoms with Gasteiger partial charge in [-0.2, -0.15) is 0 Å². The zero-order valence-electron chi connectivity index (χ0n) is 13.9. The summed E-state index contributed by atoms with van der Waals surface area (Å²) in [4.78, 5) is 23.4. The number of hydrogen-bond acceptors (Lipinski definition) is 6. The topological polar surface area (TPSA) is 81.3 Å². The Morgan fingerprint density at radius 2 is 2.08 bits per heavy atom. The van der Waals surface area contributed by atoms with Gasteiger partial charge in [-0.3, -0.25) is 0 Å². The Bertz CT molecular complexity index is 727. The molecule has 0 bridgehead atoms. The molecule has 1 saturated heterocycles. The SMILES string of the molecule is CCOC(=O)c1cnc(-c2cccc(N)c2)nc1N1CCCCC1. The highest BCUT2D eigenvalue weighted by Crippen LogP contribution is 2.26. The molecule has 1 aliphatic heterocycles. The molecule has 126 valence electrons. The average molecular weight is 326 g/mol. The minimum Gasteiger partial charge on any atom is -0.462 e. The molecule has 0 aliphatic carbocycles. The molecule has 3 rings (SSSR count). The lowest BCUT2D eigenvalue weighted by Crippen LogP contribution is -2.32. The van der Waals surface area contributed by atoms with Gasteiger partial charge in [-0.15, -0.1) is 0 Å². The molecule has 6 nitrogen and oxygen atoms in total. The van der Waals surface area contributed by atoms with E-state index in [2.05, 4.69) is 14.9 Å². The molecule has 2 N–H and O–H groups in total. The van der Waals surface area contributed by atoms with Crippen LogP contribution in [-0.4, -0.2) is 35.6 Å². The van der Waals surface area contributed by atoms with Gasteiger partial charge in [0.2, 0.25) is 0 Å². The number of anilines is 2. The molecule has 0 atom stereocenters. The van der Waals surface area contributed by atoms with Crippen LogP contribution in [0.4, 0.5) is 11.5 Å². The number of nitrogens with zero attached hydrogens (tertiary/aromatic N) is 3. The standard InChI is InChI=1S/C18H22N4O2/c1-2-24-18(23)15-12-20-16(13-7-6-8-14(19)11-13)21-17(15)22-9-4-3-5-10-22/h6-8,11-12H,2-5,9-10,19H2,1H3. The van der Waals surface area contributed by atoms with E-state index in [1.807, 2.05) is 24.3 Å². The van der Waals surface area contributed by atoms with Gasteiger partial charge in [0.15, 0.2) is 5.82 Å². The molecular weight excluding hydrogens is 304 g/mol. The molecule has 2 heterocycles. The average Bonchev–Trinajstić information content (AvgIpc) is 2.62. The molecule has 24 heavy (non-hydrogen) atoms. The first-order valence-corrected chi connectivity index (χ1v) is 8.34. The van der Waals surface area contributed by atoms with Gasteiger partial charge in [0, 0.05) is 30.5 Å². The highest BCUT2D eigenvalue weighted by Gasteiger charge is 2.22. The first-order chi connectivity index (χ1) is 11.7. The molecule has 2 aromatic rings. The summed E-state index contributed by atoms with van der Waals surface area (Å²) in [7, 11) is 0. The first-order valence-electron chi connectivity index (χ1n) is 8.34. The maximum absolute atomic E-state index is 12.3. The summed E-state index contributed by atoms with van der Waals surface area (Å²) in [6.07, 6.45) is 4.96. The lowest BCUT2D eigenvalue weighted by molar-refractivity contribution is 0.0526. The van der Waals surface area contributed by atoms with E-state index in [-0.39, 0.29) is 5.97 Å². The first kappa shape index (κ1) is 16.2. The summed E-state index contributed by atoms with van der Waals surface area (Å²) in [6, 6.07) is 7.44. The van der Waals surface area contributed by atoms with Crippen LogP contribution in [0.5, 0.6) is 0 Å². The third-order valence-electron chi connectivity index (χ3n) is 4.06. The molecule has 1 aliphatic rings. The van der Waals surface area contributed by atoms with Crippen LogP contribution in [0.1, 0.15) is 36.5 Å². The van der Waals surface area contributed by atoms with Gasteiger partial charge in [-0.1, -0.05) is 12.1 Å². The third kappa shape index (κ3) is 3.48. The maximum Gasteiger partial charge on any atom is 0.343 e. The number of piperidine rings is 1. The zero-order valence-corrected chi connectivity index (χ0v) is 13.9. The Labute approximate surface area is 141 Å². The number of carbonyl (C=O) groups is 1. The molecule has 1 aromatic heterocycles. The van der Waals surface area contributed by atoms with E-state index in [1.54, 1.807) is 13.1 Å². The molecule has 0 amide bonds. The molecule has 0 spiro atoms. The van der Waals surface area contributed by atoms with Crippen LogP contribution in [0, 0.1) is 0 Å². The Kier molecular flexibility index (Phi) is 4.93. The van der Waals surface area contributed by atoms with E-state index < -0.39 is 0 Å². The maximum atomic E-state index is 12.3. The minimum absolute atomic E-state index is 0.329. The van der Waals surface area contributed by atoms with Gasteiger partial charge >= 0.3 is 5.97 Å². The Morgan fingerprint density at radius 1 is 1.29 bits per heavy atom. The number of carbonyl (C=O) groups excluding carboxylic acids is 1. The molecule has 0 unspecified atom stereocenters. The van der Waals surface area contributed by atoms with Crippen molar-refractivity contribution in [2.45, 2.75) is 26.2 Å². The predicted octanol–water partition coefficient (Wildman–Crippen LogP) is 2.89. The van der Waals surface area contributed by atoms with Gasteiger partial charge in [0.05, 0.1) is 6.61 Å². The van der Waals surface area contributed by atoms with Crippen molar-refractivity contribution in [3.8, 4) is 11.4 Å². The van der Waals surface area contributed by atoms with Gasteiger partial charge < -0.3 is 15.4 Å². The smallest absolute Gasteiger partial charge is 0.343 e. The Hall–Kier alpha value is -2.63. The van der Waals surface area contributed by atoms with E-state index in [1.165, 1.54) is 6.42 Å². The second-order valence-electron chi connectivity index (χ2n) is 5.82. The van der Waals surface area contributed by atoms with Crippen LogP contribution in [0.15, 0.2) is 30.5 Å². The quantitative estimate of drug-likeness (QED) is 0.687. The predicted molar refractivity (Wildman–Crippen MR) is 93.9 cm³/mol. The molecule has 0 radical (unpaired) electrons. The van der Waals surface area contributed by atoms with Crippen LogP contribution in [0.25, 0.3) is 11.4 Å². The fourth-order valence-electron chi connectivity index (χ4n) is 2.89. The minimum atomic E-state index is -0.378. The van der Waals surface area contributed by atoms with Crippen molar-refractivity contribution in [2.75, 3.05) is 30.3 Å². The van der Waals surface area contributed by atoms with E-state index in [0.29, 0.717) is 29.5 Å². The zero-order chi connectivity index (χ0) is 16.9. The lowest BCUT2D eigenvalue weighted by atomic mass is 10.1. The highest BCUT2D eigenvalue weighted by atomic mass is 16.5. The van der Waals surface area contributed by atoms with Crippen molar-refractivity contribution in [3.05, 3.63) is 36.0 Å². The number of rotatable bonds is 4. The Morgan fingerprint density at radius 3 is 2.79 bits per heavy atom. The van der Waals surface area contributed by atoms with Gasteiger partial charge in [0.25, 0.3) is 0 Å². The molecule has 1 fully saturated rings. The van der Waals surface area contributed by atoms with Crippen LogP contribution < -0.4 is 10.6 Å². The van der Waals surface area contributed by atoms with E-state index in [4.69, 9.17) is 10.5 Å². The second kappa shape index (κ2) is 7.29. The highest BCUT2D eigenvalue weighted by molar-refractivity contribution is 5.94. The third-order valence-corrected chi connectivity index (χ3v) is 4.06. The normalized spacial score (nSPS) is 14.5. The van der Waals surface area contributed by atoms with Gasteiger partial charge in [-0.05, 0) is 38.3 Å². The van der Waals surface area contributed by atoms with Crippen molar-refractivity contribution >= 4 is 17.5 Å². The number of benzene rings is 1. The summed E-state index contributed by atoms with van der Waals surface area (Å²) in [5.41, 5.74) is 7.77. The van der Waals surface area contributed by atoms with E-state index in [9.17, 15) is 4.79 Å². The van der Waals surface area contributed by atoms with Crippen molar-refractivity contribution in [1.82, 2.24) is 9.97 Å². The second-order valence-corrected chi connectivity index (χ2v) is 5.82. The lowest BCUT2D eigenvalue weighted by Gasteiger charge is -2.29. The van der Waals surface area contributed by atoms with E-state index in [0.717, 1.165) is 31.5 Å². The number of nitrogens with two attached hydrogens (primary N) is 1. The van der Waals surface area contributed by atoms with Gasteiger partial charge in [-0.25, -0.2) is 14.8 Å². The van der Waals surface area contributed by atoms with Crippen LogP contribution in [0.2, 0.25) is 0 Å². The number of ether oxygens (including phenoxy) is 1. The van der Waals surface area contributed by atoms with Gasteiger partial charge in [0.1, 0.15) is 11.4 Å². The fourth-order valence-corrected chi connectivity index (χ4v) is 2.89. The molecule has 1 aromatic carbocycles. The number of esters is 1. The summed E-state index contributed by atoms with van der Waals surface area (Å²) < 4.78 is 5.16. The number of hydrogen-bond donors (Lipinski definition) is 1. The summed E-state index contributed by atoms with van der Waals surface area (Å²) >= 11 is 0. The Balaban J connectivity index is 2.02. The monoisotopic (exact) mass is 326 g/mol. The van der Waals surface area contributed by atoms with Crippen molar-refractivity contribution in [1.29, 1.82) is 0 Å². The van der Waals surface area contributed by atoms with Crippen molar-refractivity contribution in [3.63, 3.8) is 0 Å². The van der Waals surface area contributed by atoms with Crippen LogP contribution in [0.3, 0.4) is 0 Å². The van der Waals surface area contributed by atoms with Crippen LogP contribution >= 0.6 is 0 Å². The summed E-state index contributed by atoms with van der Waals surface area (Å²) in [6.45, 7) is 3.90. The van der Waals surface area contributed by atoms with Crippen molar-refractivity contribution < 1.29 is 9.53 Å². The largest absolute Gasteiger partial charge is 0.462 e. The fraction of sp³-hybridized carbons (Fsp3) is 0.389. The summed E-state index contributed by atoms with van der Waals surface area (Å²) in [5, 5.41) is 0. The van der Waals surface area contributed by atoms with Crippen molar-refractivity contribution in [2.24, 2.45) is 0 Å².